The van der Waals surface area contributed by atoms with Gasteiger partial charge in [0.15, 0.2) is 0 Å². The van der Waals surface area contributed by atoms with E-state index in [1.807, 2.05) is 36.4 Å². The van der Waals surface area contributed by atoms with Gasteiger partial charge in [0.25, 0.3) is 5.91 Å². The normalized spacial score (nSPS) is 11.3. The quantitative estimate of drug-likeness (QED) is 0.352. The summed E-state index contributed by atoms with van der Waals surface area (Å²) < 4.78 is 16.5. The number of primary amides is 1. The average molecular weight is 493 g/mol. The molecule has 3 rings (SSSR count). The van der Waals surface area contributed by atoms with Crippen molar-refractivity contribution >= 4 is 17.8 Å². The molecule has 0 spiro atoms. The summed E-state index contributed by atoms with van der Waals surface area (Å²) in [7, 11) is 3.19. The number of methoxy groups -OCH3 is 2. The van der Waals surface area contributed by atoms with Crippen molar-refractivity contribution in [2.75, 3.05) is 14.2 Å². The largest absolute Gasteiger partial charge is 0.497 e. The van der Waals surface area contributed by atoms with Crippen LogP contribution in [0.4, 0.5) is 0 Å². The Labute approximate surface area is 208 Å². The summed E-state index contributed by atoms with van der Waals surface area (Å²) in [5, 5.41) is 11.3. The van der Waals surface area contributed by atoms with E-state index in [-0.39, 0.29) is 12.8 Å². The number of aliphatic carboxylic acids is 1. The number of nitrogens with two attached hydrogens (primary N) is 1. The molecule has 0 aliphatic heterocycles. The van der Waals surface area contributed by atoms with Crippen molar-refractivity contribution in [2.45, 2.75) is 25.5 Å². The SMILES string of the molecule is COc1cc(COc2ccc(-c3ccc(C(=O)N[C@@H](CCC(=O)O)C(N)=O)cc3)cc2)cc(OC)c1. The predicted octanol–water partition coefficient (Wildman–Crippen LogP) is 3.40. The van der Waals surface area contributed by atoms with Crippen molar-refractivity contribution in [1.29, 1.82) is 0 Å². The van der Waals surface area contributed by atoms with E-state index in [2.05, 4.69) is 5.32 Å². The lowest BCUT2D eigenvalue weighted by molar-refractivity contribution is -0.137. The van der Waals surface area contributed by atoms with E-state index >= 15 is 0 Å². The van der Waals surface area contributed by atoms with Crippen molar-refractivity contribution in [3.63, 3.8) is 0 Å². The Morgan fingerprint density at radius 1 is 0.861 bits per heavy atom. The lowest BCUT2D eigenvalue weighted by atomic mass is 10.0. The number of hydrogen-bond acceptors (Lipinski definition) is 6. The molecule has 0 saturated carbocycles. The fourth-order valence-electron chi connectivity index (χ4n) is 3.47. The smallest absolute Gasteiger partial charge is 0.303 e. The highest BCUT2D eigenvalue weighted by Crippen LogP contribution is 2.26. The number of carboxylic acids is 1. The van der Waals surface area contributed by atoms with Crippen LogP contribution in [0.25, 0.3) is 11.1 Å². The minimum atomic E-state index is -1.07. The maximum atomic E-state index is 12.5. The number of hydrogen-bond donors (Lipinski definition) is 3. The molecule has 0 bridgehead atoms. The summed E-state index contributed by atoms with van der Waals surface area (Å²) in [6, 6.07) is 18.8. The number of benzene rings is 3. The lowest BCUT2D eigenvalue weighted by Gasteiger charge is -2.14. The van der Waals surface area contributed by atoms with Crippen LogP contribution < -0.4 is 25.3 Å². The van der Waals surface area contributed by atoms with Crippen LogP contribution in [-0.4, -0.2) is 43.2 Å². The highest BCUT2D eigenvalue weighted by Gasteiger charge is 2.20. The van der Waals surface area contributed by atoms with E-state index in [0.717, 1.165) is 16.7 Å². The first kappa shape index (κ1) is 26.1. The van der Waals surface area contributed by atoms with Crippen molar-refractivity contribution in [2.24, 2.45) is 5.73 Å². The van der Waals surface area contributed by atoms with E-state index in [1.165, 1.54) is 0 Å². The molecule has 9 nitrogen and oxygen atoms in total. The standard InChI is InChI=1S/C27H28N2O7/c1-34-22-13-17(14-23(15-22)35-2)16-36-21-9-7-19(8-10-21)18-3-5-20(6-4-18)27(33)29-24(26(28)32)11-12-25(30)31/h3-10,13-15,24H,11-12,16H2,1-2H3,(H2,28,32)(H,29,33)(H,30,31)/t24-/m0/s1. The molecule has 0 aliphatic rings. The second-order valence-corrected chi connectivity index (χ2v) is 7.97. The summed E-state index contributed by atoms with van der Waals surface area (Å²) in [6.45, 7) is 0.343. The van der Waals surface area contributed by atoms with Crippen molar-refractivity contribution in [1.82, 2.24) is 5.32 Å². The van der Waals surface area contributed by atoms with Gasteiger partial charge in [-0.1, -0.05) is 24.3 Å². The third kappa shape index (κ3) is 7.23. The Bertz CT molecular complexity index is 1190. The number of carbonyl (C=O) groups is 3. The molecule has 0 aliphatic carbocycles. The molecule has 188 valence electrons. The number of rotatable bonds is 12. The van der Waals surface area contributed by atoms with Gasteiger partial charge in [-0.15, -0.1) is 0 Å². The average Bonchev–Trinajstić information content (AvgIpc) is 2.89. The number of carboxylic acid groups (broad SMARTS) is 1. The van der Waals surface area contributed by atoms with Gasteiger partial charge in [-0.25, -0.2) is 0 Å². The van der Waals surface area contributed by atoms with Crippen LogP contribution in [0.5, 0.6) is 17.2 Å². The van der Waals surface area contributed by atoms with Crippen LogP contribution in [0.2, 0.25) is 0 Å². The first-order valence-corrected chi connectivity index (χ1v) is 11.2. The van der Waals surface area contributed by atoms with E-state index < -0.39 is 23.8 Å². The highest BCUT2D eigenvalue weighted by atomic mass is 16.5. The van der Waals surface area contributed by atoms with Gasteiger partial charge >= 0.3 is 5.97 Å². The van der Waals surface area contributed by atoms with Crippen LogP contribution in [0.15, 0.2) is 66.7 Å². The Balaban J connectivity index is 1.61. The van der Waals surface area contributed by atoms with Crippen LogP contribution in [0.3, 0.4) is 0 Å². The minimum absolute atomic E-state index is 0.0751. The summed E-state index contributed by atoms with van der Waals surface area (Å²) in [4.78, 5) is 34.7. The van der Waals surface area contributed by atoms with Gasteiger partial charge in [-0.3, -0.25) is 14.4 Å². The Morgan fingerprint density at radius 2 is 1.42 bits per heavy atom. The van der Waals surface area contributed by atoms with Crippen LogP contribution in [0.1, 0.15) is 28.8 Å². The molecule has 4 N–H and O–H groups in total. The molecule has 9 heteroatoms. The number of amides is 2. The topological polar surface area (TPSA) is 137 Å². The molecule has 0 saturated heterocycles. The molecule has 2 amide bonds. The molecule has 0 aromatic heterocycles. The van der Waals surface area contributed by atoms with Crippen molar-refractivity contribution < 1.29 is 33.7 Å². The van der Waals surface area contributed by atoms with Gasteiger partial charge in [-0.05, 0) is 59.5 Å². The molecule has 0 heterocycles. The molecule has 3 aromatic carbocycles. The Kier molecular flexibility index (Phi) is 8.88. The number of nitrogens with one attached hydrogen (secondary N) is 1. The maximum absolute atomic E-state index is 12.5. The first-order chi connectivity index (χ1) is 17.3. The summed E-state index contributed by atoms with van der Waals surface area (Å²) >= 11 is 0. The third-order valence-corrected chi connectivity index (χ3v) is 5.45. The monoisotopic (exact) mass is 492 g/mol. The van der Waals surface area contributed by atoms with Crippen LogP contribution in [-0.2, 0) is 16.2 Å². The third-order valence-electron chi connectivity index (χ3n) is 5.45. The van der Waals surface area contributed by atoms with E-state index in [4.69, 9.17) is 25.1 Å². The zero-order valence-corrected chi connectivity index (χ0v) is 20.0. The fraction of sp³-hybridized carbons (Fsp3) is 0.222. The molecule has 36 heavy (non-hydrogen) atoms. The molecular weight excluding hydrogens is 464 g/mol. The minimum Gasteiger partial charge on any atom is -0.497 e. The zero-order valence-electron chi connectivity index (χ0n) is 20.0. The van der Waals surface area contributed by atoms with Crippen molar-refractivity contribution in [3.05, 3.63) is 77.9 Å². The van der Waals surface area contributed by atoms with Gasteiger partial charge in [0.2, 0.25) is 5.91 Å². The number of ether oxygens (including phenoxy) is 3. The molecule has 0 fully saturated rings. The lowest BCUT2D eigenvalue weighted by Crippen LogP contribution is -2.44. The highest BCUT2D eigenvalue weighted by molar-refractivity contribution is 5.97. The van der Waals surface area contributed by atoms with E-state index in [1.54, 1.807) is 44.6 Å². The molecule has 1 atom stereocenters. The summed E-state index contributed by atoms with van der Waals surface area (Å²) in [6.07, 6.45) is -0.353. The second kappa shape index (κ2) is 12.3. The fourth-order valence-corrected chi connectivity index (χ4v) is 3.47. The second-order valence-electron chi connectivity index (χ2n) is 7.97. The van der Waals surface area contributed by atoms with Gasteiger partial charge in [0, 0.05) is 18.1 Å². The van der Waals surface area contributed by atoms with Gasteiger partial charge in [0.05, 0.1) is 14.2 Å². The summed E-state index contributed by atoms with van der Waals surface area (Å²) in [5.74, 6) is -0.299. The van der Waals surface area contributed by atoms with Crippen LogP contribution in [0, 0.1) is 0 Å². The maximum Gasteiger partial charge on any atom is 0.303 e. The first-order valence-electron chi connectivity index (χ1n) is 11.2. The Morgan fingerprint density at radius 3 is 1.92 bits per heavy atom. The van der Waals surface area contributed by atoms with Crippen LogP contribution >= 0.6 is 0 Å². The van der Waals surface area contributed by atoms with Gasteiger partial charge in [0.1, 0.15) is 29.9 Å². The molecule has 0 unspecified atom stereocenters. The van der Waals surface area contributed by atoms with Crippen molar-refractivity contribution in [3.8, 4) is 28.4 Å². The molecular formula is C27H28N2O7. The molecule has 0 radical (unpaired) electrons. The summed E-state index contributed by atoms with van der Waals surface area (Å²) in [5.41, 5.74) is 8.32. The van der Waals surface area contributed by atoms with Gasteiger partial charge in [-0.2, -0.15) is 0 Å². The predicted molar refractivity (Wildman–Crippen MR) is 133 cm³/mol. The van der Waals surface area contributed by atoms with Gasteiger partial charge < -0.3 is 30.4 Å². The Hall–Kier alpha value is -4.53. The van der Waals surface area contributed by atoms with E-state index in [0.29, 0.717) is 29.4 Å². The molecule has 3 aromatic rings. The van der Waals surface area contributed by atoms with E-state index in [9.17, 15) is 14.4 Å². The zero-order chi connectivity index (χ0) is 26.1. The number of carbonyl (C=O) groups excluding carboxylic acids is 2.